The Hall–Kier alpha value is -1.29. The van der Waals surface area contributed by atoms with Crippen molar-refractivity contribution in [3.63, 3.8) is 0 Å². The smallest absolute Gasteiger partial charge is 0.334 e. The summed E-state index contributed by atoms with van der Waals surface area (Å²) in [6.45, 7) is 5.27. The van der Waals surface area contributed by atoms with Crippen molar-refractivity contribution in [3.05, 3.63) is 40.4 Å². The number of ether oxygens (including phenoxy) is 1. The van der Waals surface area contributed by atoms with E-state index >= 15 is 0 Å². The minimum Gasteiger partial charge on any atom is -0.488 e. The third kappa shape index (κ3) is 3.40. The Bertz CT molecular complexity index is 399. The van der Waals surface area contributed by atoms with Gasteiger partial charge in [0.05, 0.1) is 5.57 Å². The summed E-state index contributed by atoms with van der Waals surface area (Å²) >= 11 is 3.31. The lowest BCUT2D eigenvalue weighted by atomic mass is 10.2. The van der Waals surface area contributed by atoms with Crippen molar-refractivity contribution in [1.82, 2.24) is 0 Å². The molecule has 15 heavy (non-hydrogen) atoms. The topological polar surface area (TPSA) is 46.5 Å². The minimum atomic E-state index is -1.04. The number of carboxylic acids is 1. The Morgan fingerprint density at radius 2 is 2.27 bits per heavy atom. The van der Waals surface area contributed by atoms with Crippen LogP contribution in [0.15, 0.2) is 34.8 Å². The second-order valence-corrected chi connectivity index (χ2v) is 4.02. The Morgan fingerprint density at radius 3 is 2.87 bits per heavy atom. The molecule has 0 atom stereocenters. The van der Waals surface area contributed by atoms with Gasteiger partial charge in [0.1, 0.15) is 12.4 Å². The molecule has 0 heterocycles. The Balaban J connectivity index is 2.69. The molecule has 80 valence electrons. The van der Waals surface area contributed by atoms with Crippen molar-refractivity contribution in [3.8, 4) is 5.75 Å². The number of carboxylic acid groups (broad SMARTS) is 1. The van der Waals surface area contributed by atoms with Crippen LogP contribution in [0.5, 0.6) is 5.75 Å². The Morgan fingerprint density at radius 1 is 1.60 bits per heavy atom. The molecule has 0 aliphatic heterocycles. The van der Waals surface area contributed by atoms with Crippen LogP contribution in [-0.4, -0.2) is 17.7 Å². The van der Waals surface area contributed by atoms with E-state index in [1.807, 2.05) is 19.1 Å². The van der Waals surface area contributed by atoms with Gasteiger partial charge in [-0.1, -0.05) is 28.6 Å². The summed E-state index contributed by atoms with van der Waals surface area (Å²) in [5, 5.41) is 8.60. The second-order valence-electron chi connectivity index (χ2n) is 3.11. The Labute approximate surface area is 96.5 Å². The van der Waals surface area contributed by atoms with Gasteiger partial charge in [-0.15, -0.1) is 0 Å². The lowest BCUT2D eigenvalue weighted by molar-refractivity contribution is -0.133. The van der Waals surface area contributed by atoms with E-state index in [-0.39, 0.29) is 12.2 Å². The van der Waals surface area contributed by atoms with E-state index in [0.29, 0.717) is 5.75 Å². The summed E-state index contributed by atoms with van der Waals surface area (Å²) in [7, 11) is 0. The predicted octanol–water partition coefficient (Wildman–Crippen LogP) is 2.78. The molecule has 0 fully saturated rings. The number of aliphatic carboxylic acids is 1. The van der Waals surface area contributed by atoms with Crippen molar-refractivity contribution in [2.75, 3.05) is 6.61 Å². The molecule has 0 aliphatic carbocycles. The van der Waals surface area contributed by atoms with Crippen LogP contribution in [0.3, 0.4) is 0 Å². The van der Waals surface area contributed by atoms with Crippen LogP contribution in [0.1, 0.15) is 5.56 Å². The highest BCUT2D eigenvalue weighted by atomic mass is 79.9. The largest absolute Gasteiger partial charge is 0.488 e. The molecule has 0 saturated carbocycles. The van der Waals surface area contributed by atoms with Gasteiger partial charge in [0.15, 0.2) is 0 Å². The van der Waals surface area contributed by atoms with E-state index in [1.165, 1.54) is 0 Å². The zero-order valence-electron chi connectivity index (χ0n) is 8.29. The molecule has 0 amide bonds. The molecule has 3 nitrogen and oxygen atoms in total. The molecule has 0 bridgehead atoms. The number of hydrogen-bond acceptors (Lipinski definition) is 2. The number of rotatable bonds is 4. The van der Waals surface area contributed by atoms with Gasteiger partial charge in [0.25, 0.3) is 0 Å². The third-order valence-electron chi connectivity index (χ3n) is 1.85. The third-order valence-corrected chi connectivity index (χ3v) is 2.35. The summed E-state index contributed by atoms with van der Waals surface area (Å²) < 4.78 is 6.22. The first-order valence-corrected chi connectivity index (χ1v) is 5.10. The maximum absolute atomic E-state index is 10.5. The number of aryl methyl sites for hydroxylation is 1. The second kappa shape index (κ2) is 4.98. The lowest BCUT2D eigenvalue weighted by Gasteiger charge is -2.09. The summed E-state index contributed by atoms with van der Waals surface area (Å²) in [5.41, 5.74) is 0.991. The van der Waals surface area contributed by atoms with E-state index in [9.17, 15) is 4.79 Å². The fourth-order valence-corrected chi connectivity index (χ4v) is 1.30. The van der Waals surface area contributed by atoms with E-state index in [0.717, 1.165) is 10.0 Å². The number of benzene rings is 1. The number of hydrogen-bond donors (Lipinski definition) is 1. The first-order chi connectivity index (χ1) is 7.00. The van der Waals surface area contributed by atoms with E-state index in [4.69, 9.17) is 9.84 Å². The molecule has 1 N–H and O–H groups in total. The van der Waals surface area contributed by atoms with Gasteiger partial charge in [0, 0.05) is 4.47 Å². The van der Waals surface area contributed by atoms with Gasteiger partial charge in [-0.05, 0) is 24.6 Å². The Kier molecular flexibility index (Phi) is 3.91. The number of halogens is 1. The maximum atomic E-state index is 10.5. The molecule has 1 aromatic carbocycles. The van der Waals surface area contributed by atoms with Crippen LogP contribution in [-0.2, 0) is 4.79 Å². The molecule has 0 spiro atoms. The lowest BCUT2D eigenvalue weighted by Crippen LogP contribution is -2.09. The first-order valence-electron chi connectivity index (χ1n) is 4.30. The van der Waals surface area contributed by atoms with Crippen molar-refractivity contribution >= 4 is 21.9 Å². The number of carbonyl (C=O) groups is 1. The van der Waals surface area contributed by atoms with Gasteiger partial charge in [-0.25, -0.2) is 4.79 Å². The molecule has 4 heteroatoms. The van der Waals surface area contributed by atoms with Gasteiger partial charge in [0.2, 0.25) is 0 Å². The SMILES string of the molecule is C=C(COc1cc(Br)ccc1C)C(=O)O. The highest BCUT2D eigenvalue weighted by Crippen LogP contribution is 2.23. The van der Waals surface area contributed by atoms with E-state index < -0.39 is 5.97 Å². The summed E-state index contributed by atoms with van der Waals surface area (Å²) in [6.07, 6.45) is 0. The highest BCUT2D eigenvalue weighted by Gasteiger charge is 2.06. The van der Waals surface area contributed by atoms with Crippen LogP contribution in [0.2, 0.25) is 0 Å². The maximum Gasteiger partial charge on any atom is 0.334 e. The van der Waals surface area contributed by atoms with E-state index in [1.54, 1.807) is 6.07 Å². The average molecular weight is 271 g/mol. The van der Waals surface area contributed by atoms with Crippen molar-refractivity contribution < 1.29 is 14.6 Å². The normalized spacial score (nSPS) is 9.73. The predicted molar refractivity (Wildman–Crippen MR) is 61.1 cm³/mol. The summed E-state index contributed by atoms with van der Waals surface area (Å²) in [4.78, 5) is 10.5. The van der Waals surface area contributed by atoms with Gasteiger partial charge >= 0.3 is 5.97 Å². The van der Waals surface area contributed by atoms with Crippen LogP contribution >= 0.6 is 15.9 Å². The molecular weight excluding hydrogens is 260 g/mol. The van der Waals surface area contributed by atoms with Crippen molar-refractivity contribution in [2.24, 2.45) is 0 Å². The van der Waals surface area contributed by atoms with Gasteiger partial charge in [-0.3, -0.25) is 0 Å². The zero-order valence-corrected chi connectivity index (χ0v) is 9.87. The molecule has 0 saturated heterocycles. The standard InChI is InChI=1S/C11H11BrO3/c1-7-3-4-9(12)5-10(7)15-6-8(2)11(13)14/h3-5H,2,6H2,1H3,(H,13,14). The van der Waals surface area contributed by atoms with Crippen molar-refractivity contribution in [2.45, 2.75) is 6.92 Å². The highest BCUT2D eigenvalue weighted by molar-refractivity contribution is 9.10. The molecule has 1 aromatic rings. The molecular formula is C11H11BrO3. The fourth-order valence-electron chi connectivity index (χ4n) is 0.956. The zero-order chi connectivity index (χ0) is 11.4. The first kappa shape index (κ1) is 11.8. The fraction of sp³-hybridized carbons (Fsp3) is 0.182. The van der Waals surface area contributed by atoms with Gasteiger partial charge in [-0.2, -0.15) is 0 Å². The van der Waals surface area contributed by atoms with Crippen LogP contribution < -0.4 is 4.74 Å². The molecule has 0 radical (unpaired) electrons. The average Bonchev–Trinajstić information content (AvgIpc) is 2.18. The van der Waals surface area contributed by atoms with E-state index in [2.05, 4.69) is 22.5 Å². The molecule has 1 rings (SSSR count). The molecule has 0 aromatic heterocycles. The van der Waals surface area contributed by atoms with Crippen LogP contribution in [0, 0.1) is 6.92 Å². The minimum absolute atomic E-state index is 0.00731. The van der Waals surface area contributed by atoms with Gasteiger partial charge < -0.3 is 9.84 Å². The summed E-state index contributed by atoms with van der Waals surface area (Å²) in [6, 6.07) is 5.58. The summed E-state index contributed by atoms with van der Waals surface area (Å²) in [5.74, 6) is -0.380. The molecule has 0 aliphatic rings. The van der Waals surface area contributed by atoms with Crippen molar-refractivity contribution in [1.29, 1.82) is 0 Å². The van der Waals surface area contributed by atoms with Crippen LogP contribution in [0.4, 0.5) is 0 Å². The monoisotopic (exact) mass is 270 g/mol. The quantitative estimate of drug-likeness (QED) is 0.856. The molecule has 0 unspecified atom stereocenters. The van der Waals surface area contributed by atoms with Crippen LogP contribution in [0.25, 0.3) is 0 Å².